The number of rotatable bonds is 7. The quantitative estimate of drug-likeness (QED) is 0.615. The largest absolute Gasteiger partial charge is 0.497 e. The molecule has 4 nitrogen and oxygen atoms in total. The number of nitrogens with zero attached hydrogens (tertiary/aromatic N) is 2. The summed E-state index contributed by atoms with van der Waals surface area (Å²) in [4.78, 5) is 6.88. The van der Waals surface area contributed by atoms with Gasteiger partial charge in [-0.2, -0.15) is 0 Å². The molecular weight excluding hydrogens is 250 g/mol. The first-order chi connectivity index (χ1) is 9.71. The van der Waals surface area contributed by atoms with Gasteiger partial charge in [0.05, 0.1) is 13.7 Å². The van der Waals surface area contributed by atoms with Crippen molar-refractivity contribution in [3.63, 3.8) is 0 Å². The Balaban J connectivity index is 2.69. The van der Waals surface area contributed by atoms with E-state index in [4.69, 9.17) is 4.74 Å². The van der Waals surface area contributed by atoms with E-state index < -0.39 is 0 Å². The molecule has 0 aliphatic heterocycles. The summed E-state index contributed by atoms with van der Waals surface area (Å²) in [6.45, 7) is 6.87. The minimum Gasteiger partial charge on any atom is -0.497 e. The van der Waals surface area contributed by atoms with Crippen LogP contribution in [0.4, 0.5) is 0 Å². The van der Waals surface area contributed by atoms with Crippen LogP contribution in [0.5, 0.6) is 5.75 Å². The average Bonchev–Trinajstić information content (AvgIpc) is 2.49. The van der Waals surface area contributed by atoms with Crippen molar-refractivity contribution >= 4 is 5.96 Å². The number of nitrogens with one attached hydrogen (secondary N) is 1. The molecule has 0 spiro atoms. The van der Waals surface area contributed by atoms with Crippen molar-refractivity contribution in [2.24, 2.45) is 4.99 Å². The van der Waals surface area contributed by atoms with Crippen LogP contribution in [-0.2, 0) is 6.54 Å². The smallest absolute Gasteiger partial charge is 0.193 e. The summed E-state index contributed by atoms with van der Waals surface area (Å²) in [5.41, 5.74) is 1.16. The van der Waals surface area contributed by atoms with E-state index >= 15 is 0 Å². The Morgan fingerprint density at radius 2 is 2.15 bits per heavy atom. The lowest BCUT2D eigenvalue weighted by atomic mass is 10.2. The fourth-order valence-corrected chi connectivity index (χ4v) is 1.91. The van der Waals surface area contributed by atoms with E-state index in [2.05, 4.69) is 42.2 Å². The van der Waals surface area contributed by atoms with Crippen molar-refractivity contribution in [2.45, 2.75) is 33.2 Å². The van der Waals surface area contributed by atoms with Crippen molar-refractivity contribution in [3.8, 4) is 5.75 Å². The first-order valence-corrected chi connectivity index (χ1v) is 7.33. The zero-order chi connectivity index (χ0) is 14.8. The van der Waals surface area contributed by atoms with Gasteiger partial charge in [-0.1, -0.05) is 25.5 Å². The Kier molecular flexibility index (Phi) is 7.55. The van der Waals surface area contributed by atoms with Gasteiger partial charge < -0.3 is 15.0 Å². The van der Waals surface area contributed by atoms with Gasteiger partial charge in [0.1, 0.15) is 5.75 Å². The molecule has 20 heavy (non-hydrogen) atoms. The van der Waals surface area contributed by atoms with Crippen LogP contribution in [0.25, 0.3) is 0 Å². The van der Waals surface area contributed by atoms with Crippen LogP contribution < -0.4 is 10.1 Å². The van der Waals surface area contributed by atoms with Crippen molar-refractivity contribution in [1.29, 1.82) is 0 Å². The molecule has 0 unspecified atom stereocenters. The van der Waals surface area contributed by atoms with Crippen LogP contribution in [0.1, 0.15) is 32.3 Å². The standard InChI is InChI=1S/C16H27N3O/c1-5-7-11-19(3)16(17-6-2)18-13-14-9-8-10-15(12-14)20-4/h8-10,12H,5-7,11,13H2,1-4H3,(H,17,18). The van der Waals surface area contributed by atoms with Crippen LogP contribution in [0.2, 0.25) is 0 Å². The van der Waals surface area contributed by atoms with E-state index in [1.165, 1.54) is 12.8 Å². The molecule has 112 valence electrons. The summed E-state index contributed by atoms with van der Waals surface area (Å²) in [5.74, 6) is 1.84. The predicted octanol–water partition coefficient (Wildman–Crippen LogP) is 2.89. The van der Waals surface area contributed by atoms with Crippen molar-refractivity contribution < 1.29 is 4.74 Å². The van der Waals surface area contributed by atoms with E-state index in [1.807, 2.05) is 18.2 Å². The fourth-order valence-electron chi connectivity index (χ4n) is 1.91. The third-order valence-electron chi connectivity index (χ3n) is 3.09. The fraction of sp³-hybridized carbons (Fsp3) is 0.562. The number of guanidine groups is 1. The first-order valence-electron chi connectivity index (χ1n) is 7.33. The number of methoxy groups -OCH3 is 1. The third kappa shape index (κ3) is 5.51. The molecule has 0 atom stereocenters. The Hall–Kier alpha value is -1.71. The molecule has 0 radical (unpaired) electrons. The van der Waals surface area contributed by atoms with Gasteiger partial charge in [0.25, 0.3) is 0 Å². The maximum Gasteiger partial charge on any atom is 0.193 e. The monoisotopic (exact) mass is 277 g/mol. The molecule has 0 aliphatic carbocycles. The van der Waals surface area contributed by atoms with Gasteiger partial charge in [-0.15, -0.1) is 0 Å². The van der Waals surface area contributed by atoms with Gasteiger partial charge >= 0.3 is 0 Å². The summed E-state index contributed by atoms with van der Waals surface area (Å²) >= 11 is 0. The Morgan fingerprint density at radius 1 is 1.35 bits per heavy atom. The zero-order valence-corrected chi connectivity index (χ0v) is 13.1. The molecule has 0 saturated heterocycles. The lowest BCUT2D eigenvalue weighted by molar-refractivity contribution is 0.414. The third-order valence-corrected chi connectivity index (χ3v) is 3.09. The Bertz CT molecular complexity index is 418. The van der Waals surface area contributed by atoms with Crippen LogP contribution in [0.15, 0.2) is 29.3 Å². The molecule has 0 aliphatic rings. The van der Waals surface area contributed by atoms with Crippen LogP contribution in [0, 0.1) is 0 Å². The van der Waals surface area contributed by atoms with Crippen LogP contribution in [0.3, 0.4) is 0 Å². The van der Waals surface area contributed by atoms with E-state index in [0.717, 1.165) is 30.4 Å². The molecule has 1 rings (SSSR count). The number of hydrogen-bond donors (Lipinski definition) is 1. The summed E-state index contributed by atoms with van der Waals surface area (Å²) in [7, 11) is 3.77. The van der Waals surface area contributed by atoms with Gasteiger partial charge in [-0.05, 0) is 31.0 Å². The molecule has 0 bridgehead atoms. The molecule has 0 saturated carbocycles. The summed E-state index contributed by atoms with van der Waals surface area (Å²) < 4.78 is 5.24. The molecule has 0 fully saturated rings. The lowest BCUT2D eigenvalue weighted by Gasteiger charge is -2.21. The topological polar surface area (TPSA) is 36.9 Å². The molecule has 1 aromatic rings. The molecule has 0 amide bonds. The highest BCUT2D eigenvalue weighted by Crippen LogP contribution is 2.13. The molecule has 0 aromatic heterocycles. The van der Waals surface area contributed by atoms with Crippen LogP contribution >= 0.6 is 0 Å². The van der Waals surface area contributed by atoms with E-state index in [9.17, 15) is 0 Å². The van der Waals surface area contributed by atoms with Gasteiger partial charge in [-0.25, -0.2) is 4.99 Å². The molecule has 0 heterocycles. The van der Waals surface area contributed by atoms with Crippen molar-refractivity contribution in [3.05, 3.63) is 29.8 Å². The van der Waals surface area contributed by atoms with E-state index in [1.54, 1.807) is 7.11 Å². The Labute approximate surface area is 122 Å². The molecular formula is C16H27N3O. The highest BCUT2D eigenvalue weighted by atomic mass is 16.5. The summed E-state index contributed by atoms with van der Waals surface area (Å²) in [6.07, 6.45) is 2.37. The van der Waals surface area contributed by atoms with Gasteiger partial charge in [-0.3, -0.25) is 0 Å². The number of aliphatic imine (C=N–C) groups is 1. The lowest BCUT2D eigenvalue weighted by Crippen LogP contribution is -2.39. The maximum absolute atomic E-state index is 5.24. The minimum absolute atomic E-state index is 0.663. The molecule has 1 aromatic carbocycles. The van der Waals surface area contributed by atoms with Gasteiger partial charge in [0.2, 0.25) is 0 Å². The highest BCUT2D eigenvalue weighted by Gasteiger charge is 2.04. The Morgan fingerprint density at radius 3 is 2.80 bits per heavy atom. The SMILES string of the molecule is CCCCN(C)C(=NCc1cccc(OC)c1)NCC. The van der Waals surface area contributed by atoms with E-state index in [-0.39, 0.29) is 0 Å². The average molecular weight is 277 g/mol. The second-order valence-corrected chi connectivity index (χ2v) is 4.80. The second-order valence-electron chi connectivity index (χ2n) is 4.80. The number of unbranched alkanes of at least 4 members (excludes halogenated alkanes) is 1. The second kappa shape index (κ2) is 9.23. The highest BCUT2D eigenvalue weighted by molar-refractivity contribution is 5.79. The van der Waals surface area contributed by atoms with E-state index in [0.29, 0.717) is 6.54 Å². The van der Waals surface area contributed by atoms with Gasteiger partial charge in [0.15, 0.2) is 5.96 Å². The first kappa shape index (κ1) is 16.3. The normalized spacial score (nSPS) is 11.3. The number of hydrogen-bond acceptors (Lipinski definition) is 2. The summed E-state index contributed by atoms with van der Waals surface area (Å²) in [5, 5.41) is 3.33. The predicted molar refractivity (Wildman–Crippen MR) is 85.3 cm³/mol. The minimum atomic E-state index is 0.663. The maximum atomic E-state index is 5.24. The van der Waals surface area contributed by atoms with Crippen molar-refractivity contribution in [2.75, 3.05) is 27.2 Å². The zero-order valence-electron chi connectivity index (χ0n) is 13.1. The summed E-state index contributed by atoms with van der Waals surface area (Å²) in [6, 6.07) is 8.05. The molecule has 4 heteroatoms. The number of ether oxygens (including phenoxy) is 1. The molecule has 1 N–H and O–H groups in total. The number of benzene rings is 1. The van der Waals surface area contributed by atoms with Crippen LogP contribution in [-0.4, -0.2) is 38.1 Å². The van der Waals surface area contributed by atoms with Gasteiger partial charge in [0, 0.05) is 20.1 Å². The van der Waals surface area contributed by atoms with Crippen molar-refractivity contribution in [1.82, 2.24) is 10.2 Å².